The van der Waals surface area contributed by atoms with Gasteiger partial charge in [-0.25, -0.2) is 9.28 Å². The fourth-order valence-corrected chi connectivity index (χ4v) is 2.44. The number of para-hydroxylation sites is 1. The minimum atomic E-state index is 0.267. The maximum atomic E-state index is 12.3. The summed E-state index contributed by atoms with van der Waals surface area (Å²) in [7, 11) is 0. The van der Waals surface area contributed by atoms with Crippen molar-refractivity contribution in [2.75, 3.05) is 13.1 Å². The van der Waals surface area contributed by atoms with E-state index in [1.54, 1.807) is 6.92 Å². The van der Waals surface area contributed by atoms with Gasteiger partial charge in [0, 0.05) is 0 Å². The molecule has 0 aliphatic rings. The van der Waals surface area contributed by atoms with Crippen LogP contribution in [-0.2, 0) is 4.79 Å². The van der Waals surface area contributed by atoms with Crippen molar-refractivity contribution in [3.8, 4) is 0 Å². The maximum Gasteiger partial charge on any atom is 0.315 e. The molecule has 0 N–H and O–H groups in total. The van der Waals surface area contributed by atoms with Gasteiger partial charge in [0.1, 0.15) is 5.69 Å². The molecule has 0 aliphatic heterocycles. The van der Waals surface area contributed by atoms with Gasteiger partial charge in [-0.05, 0) is 25.0 Å². The van der Waals surface area contributed by atoms with Crippen molar-refractivity contribution in [3.63, 3.8) is 0 Å². The average molecular weight is 248 g/mol. The second kappa shape index (κ2) is 7.32. The molecule has 0 aliphatic carbocycles. The third-order valence-corrected chi connectivity index (χ3v) is 3.64. The highest BCUT2D eigenvalue weighted by molar-refractivity contribution is 5.86. The molecule has 0 heterocycles. The number of carbonyl (C=O) groups excluding carboxylic acids is 1. The molecule has 0 saturated heterocycles. The zero-order valence-corrected chi connectivity index (χ0v) is 12.0. The van der Waals surface area contributed by atoms with E-state index < -0.39 is 0 Å². The van der Waals surface area contributed by atoms with Gasteiger partial charge in [-0.3, -0.25) is 0 Å². The quantitative estimate of drug-likeness (QED) is 0.663. The first-order valence-electron chi connectivity index (χ1n) is 7.11. The van der Waals surface area contributed by atoms with E-state index in [1.807, 2.05) is 18.2 Å². The van der Waals surface area contributed by atoms with Crippen molar-refractivity contribution in [2.45, 2.75) is 46.5 Å². The largest absolute Gasteiger partial charge is 0.315 e. The van der Waals surface area contributed by atoms with Gasteiger partial charge in [0.2, 0.25) is 0 Å². The molecule has 1 aromatic rings. The summed E-state index contributed by atoms with van der Waals surface area (Å²) in [4.78, 5) is 12.3. The van der Waals surface area contributed by atoms with Crippen LogP contribution in [0.5, 0.6) is 0 Å². The van der Waals surface area contributed by atoms with E-state index >= 15 is 0 Å². The van der Waals surface area contributed by atoms with Gasteiger partial charge < -0.3 is 0 Å². The highest BCUT2D eigenvalue weighted by Crippen LogP contribution is 2.25. The monoisotopic (exact) mass is 248 g/mol. The van der Waals surface area contributed by atoms with E-state index in [0.29, 0.717) is 4.48 Å². The number of carbonyl (C=O) groups is 1. The summed E-state index contributed by atoms with van der Waals surface area (Å²) in [5, 5.41) is 0. The molecule has 1 amide bonds. The number of quaternary nitrogens is 1. The molecular weight excluding hydrogens is 222 g/mol. The fourth-order valence-electron chi connectivity index (χ4n) is 2.44. The molecule has 1 rings (SSSR count). The lowest BCUT2D eigenvalue weighted by molar-refractivity contribution is -0.128. The minimum Gasteiger partial charge on any atom is -0.231 e. The van der Waals surface area contributed by atoms with Crippen LogP contribution in [0.15, 0.2) is 30.3 Å². The number of hydrogen-bond acceptors (Lipinski definition) is 1. The third kappa shape index (κ3) is 3.42. The second-order valence-corrected chi connectivity index (χ2v) is 4.98. The predicted octanol–water partition coefficient (Wildman–Crippen LogP) is 4.14. The first-order valence-corrected chi connectivity index (χ1v) is 7.11. The molecule has 18 heavy (non-hydrogen) atoms. The first-order chi connectivity index (χ1) is 8.67. The SMILES string of the molecule is CCCC[N+](CCCC)(C(C)=O)c1ccccc1. The van der Waals surface area contributed by atoms with E-state index in [-0.39, 0.29) is 5.91 Å². The fraction of sp³-hybridized carbons (Fsp3) is 0.562. The zero-order valence-electron chi connectivity index (χ0n) is 12.0. The molecule has 0 spiro atoms. The Bertz CT molecular complexity index is 351. The van der Waals surface area contributed by atoms with Crippen molar-refractivity contribution < 1.29 is 4.79 Å². The van der Waals surface area contributed by atoms with Crippen molar-refractivity contribution in [3.05, 3.63) is 30.3 Å². The zero-order chi connectivity index (χ0) is 13.4. The van der Waals surface area contributed by atoms with Crippen LogP contribution in [0.25, 0.3) is 0 Å². The number of benzene rings is 1. The Morgan fingerprint density at radius 3 is 1.89 bits per heavy atom. The Balaban J connectivity index is 3.07. The maximum absolute atomic E-state index is 12.3. The van der Waals surface area contributed by atoms with E-state index in [4.69, 9.17) is 0 Å². The van der Waals surface area contributed by atoms with E-state index in [9.17, 15) is 4.79 Å². The summed E-state index contributed by atoms with van der Waals surface area (Å²) >= 11 is 0. The van der Waals surface area contributed by atoms with Crippen molar-refractivity contribution in [2.24, 2.45) is 0 Å². The Morgan fingerprint density at radius 2 is 1.50 bits per heavy atom. The van der Waals surface area contributed by atoms with Crippen LogP contribution in [-0.4, -0.2) is 19.0 Å². The summed E-state index contributed by atoms with van der Waals surface area (Å²) in [6.07, 6.45) is 4.45. The summed E-state index contributed by atoms with van der Waals surface area (Å²) in [5.41, 5.74) is 1.15. The summed E-state index contributed by atoms with van der Waals surface area (Å²) in [6, 6.07) is 10.3. The number of rotatable bonds is 7. The number of hydrogen-bond donors (Lipinski definition) is 0. The molecule has 0 radical (unpaired) electrons. The molecule has 0 fully saturated rings. The number of nitrogens with zero attached hydrogens (tertiary/aromatic N) is 1. The Labute approximate surface area is 111 Å². The predicted molar refractivity (Wildman–Crippen MR) is 78.5 cm³/mol. The van der Waals surface area contributed by atoms with Gasteiger partial charge in [-0.15, -0.1) is 0 Å². The first kappa shape index (κ1) is 14.9. The van der Waals surface area contributed by atoms with Crippen molar-refractivity contribution in [1.29, 1.82) is 0 Å². The smallest absolute Gasteiger partial charge is 0.231 e. The van der Waals surface area contributed by atoms with Crippen LogP contribution in [0.2, 0.25) is 0 Å². The van der Waals surface area contributed by atoms with E-state index in [0.717, 1.165) is 44.5 Å². The van der Waals surface area contributed by atoms with Gasteiger partial charge >= 0.3 is 5.91 Å². The van der Waals surface area contributed by atoms with Gasteiger partial charge in [-0.1, -0.05) is 44.9 Å². The lowest BCUT2D eigenvalue weighted by Crippen LogP contribution is -2.54. The summed E-state index contributed by atoms with van der Waals surface area (Å²) < 4.78 is 0.516. The summed E-state index contributed by atoms with van der Waals surface area (Å²) in [6.45, 7) is 7.95. The third-order valence-electron chi connectivity index (χ3n) is 3.64. The molecular formula is C16H26NO+. The van der Waals surface area contributed by atoms with E-state index in [2.05, 4.69) is 26.0 Å². The topological polar surface area (TPSA) is 17.1 Å². The molecule has 0 atom stereocenters. The van der Waals surface area contributed by atoms with Gasteiger partial charge in [0.25, 0.3) is 0 Å². The highest BCUT2D eigenvalue weighted by atomic mass is 16.2. The molecule has 0 aromatic heterocycles. The van der Waals surface area contributed by atoms with Crippen LogP contribution in [0.3, 0.4) is 0 Å². The van der Waals surface area contributed by atoms with Gasteiger partial charge in [0.15, 0.2) is 0 Å². The van der Waals surface area contributed by atoms with Crippen LogP contribution in [0.4, 0.5) is 5.69 Å². The van der Waals surface area contributed by atoms with Crippen molar-refractivity contribution in [1.82, 2.24) is 4.48 Å². The normalized spacial score (nSPS) is 11.5. The molecule has 0 unspecified atom stereocenters. The molecule has 100 valence electrons. The van der Waals surface area contributed by atoms with Gasteiger partial charge in [-0.2, -0.15) is 0 Å². The van der Waals surface area contributed by atoms with Crippen LogP contribution < -0.4 is 4.48 Å². The molecule has 1 aromatic carbocycles. The standard InChI is InChI=1S/C16H26NO/c1-4-6-13-17(15(3)18,14-7-5-2)16-11-9-8-10-12-16/h8-12H,4-7,13-14H2,1-3H3/q+1. The lowest BCUT2D eigenvalue weighted by atomic mass is 10.1. The Kier molecular flexibility index (Phi) is 6.06. The van der Waals surface area contributed by atoms with Crippen LogP contribution in [0.1, 0.15) is 46.5 Å². The van der Waals surface area contributed by atoms with Crippen LogP contribution >= 0.6 is 0 Å². The summed E-state index contributed by atoms with van der Waals surface area (Å²) in [5.74, 6) is 0.267. The lowest BCUT2D eigenvalue weighted by Gasteiger charge is -2.34. The Hall–Kier alpha value is -1.15. The molecule has 2 nitrogen and oxygen atoms in total. The van der Waals surface area contributed by atoms with Gasteiger partial charge in [0.05, 0.1) is 20.0 Å². The number of unbranched alkanes of at least 4 members (excludes halogenated alkanes) is 2. The van der Waals surface area contributed by atoms with Crippen molar-refractivity contribution >= 4 is 11.6 Å². The Morgan fingerprint density at radius 1 is 1.00 bits per heavy atom. The molecule has 2 heteroatoms. The van der Waals surface area contributed by atoms with E-state index in [1.165, 1.54) is 0 Å². The molecule has 0 bridgehead atoms. The highest BCUT2D eigenvalue weighted by Gasteiger charge is 2.34. The second-order valence-electron chi connectivity index (χ2n) is 4.98. The number of amides is 1. The average Bonchev–Trinajstić information content (AvgIpc) is 2.40. The molecule has 0 saturated carbocycles. The van der Waals surface area contributed by atoms with Crippen LogP contribution in [0, 0.1) is 0 Å². The minimum absolute atomic E-state index is 0.267.